The summed E-state index contributed by atoms with van der Waals surface area (Å²) in [6.07, 6.45) is 0. The summed E-state index contributed by atoms with van der Waals surface area (Å²) >= 11 is 0. The van der Waals surface area contributed by atoms with Gasteiger partial charge in [0, 0.05) is 31.8 Å². The van der Waals surface area contributed by atoms with Gasteiger partial charge in [-0.2, -0.15) is 0 Å². The molecular formula is C24H21FN4O3. The maximum atomic E-state index is 13.3. The molecule has 0 aliphatic heterocycles. The van der Waals surface area contributed by atoms with Gasteiger partial charge in [-0.05, 0) is 55.0 Å². The average molecular weight is 432 g/mol. The van der Waals surface area contributed by atoms with Gasteiger partial charge in [0.15, 0.2) is 0 Å². The summed E-state index contributed by atoms with van der Waals surface area (Å²) in [7, 11) is 3.39. The molecule has 32 heavy (non-hydrogen) atoms. The number of amides is 2. The largest absolute Gasteiger partial charge is 0.348 e. The third-order valence-corrected chi connectivity index (χ3v) is 5.06. The number of carbonyl (C=O) groups excluding carboxylic acids is 2. The number of aryl methyl sites for hydroxylation is 1. The minimum atomic E-state index is -0.360. The lowest BCUT2D eigenvalue weighted by molar-refractivity contribution is 0.0827. The minimum Gasteiger partial charge on any atom is -0.348 e. The van der Waals surface area contributed by atoms with Crippen LogP contribution in [0.1, 0.15) is 32.0 Å². The van der Waals surface area contributed by atoms with E-state index >= 15 is 0 Å². The summed E-state index contributed by atoms with van der Waals surface area (Å²) in [4.78, 5) is 31.0. The number of hydrogen-bond donors (Lipinski definition) is 1. The summed E-state index contributed by atoms with van der Waals surface area (Å²) in [5.41, 5.74) is 3.70. The molecule has 0 fully saturated rings. The smallest absolute Gasteiger partial charge is 0.259 e. The van der Waals surface area contributed by atoms with Gasteiger partial charge in [-0.25, -0.2) is 9.37 Å². The van der Waals surface area contributed by atoms with Crippen molar-refractivity contribution in [1.82, 2.24) is 20.4 Å². The molecule has 162 valence electrons. The third kappa shape index (κ3) is 4.20. The van der Waals surface area contributed by atoms with Crippen LogP contribution in [0.5, 0.6) is 0 Å². The molecule has 0 bridgehead atoms. The number of benzene rings is 2. The highest BCUT2D eigenvalue weighted by Gasteiger charge is 2.19. The zero-order valence-corrected chi connectivity index (χ0v) is 17.8. The van der Waals surface area contributed by atoms with Crippen LogP contribution >= 0.6 is 0 Å². The van der Waals surface area contributed by atoms with E-state index in [0.717, 1.165) is 5.56 Å². The van der Waals surface area contributed by atoms with Gasteiger partial charge in [0.25, 0.3) is 17.5 Å². The van der Waals surface area contributed by atoms with E-state index in [0.29, 0.717) is 33.5 Å². The summed E-state index contributed by atoms with van der Waals surface area (Å²) in [6, 6.07) is 14.5. The summed E-state index contributed by atoms with van der Waals surface area (Å²) in [5.74, 6) is -0.766. The molecule has 2 aromatic carbocycles. The summed E-state index contributed by atoms with van der Waals surface area (Å²) in [5, 5.41) is 7.35. The number of halogens is 1. The van der Waals surface area contributed by atoms with E-state index in [1.807, 2.05) is 0 Å². The Morgan fingerprint density at radius 1 is 1.06 bits per heavy atom. The summed E-state index contributed by atoms with van der Waals surface area (Å²) < 4.78 is 18.6. The maximum Gasteiger partial charge on any atom is 0.259 e. The van der Waals surface area contributed by atoms with Crippen LogP contribution in [0.15, 0.2) is 59.1 Å². The Labute approximate surface area is 183 Å². The zero-order chi connectivity index (χ0) is 22.8. The second-order valence-electron chi connectivity index (χ2n) is 7.59. The maximum absolute atomic E-state index is 13.3. The highest BCUT2D eigenvalue weighted by Crippen LogP contribution is 2.27. The molecule has 2 aromatic heterocycles. The molecule has 1 N–H and O–H groups in total. The Bertz CT molecular complexity index is 1300. The lowest BCUT2D eigenvalue weighted by Crippen LogP contribution is -2.24. The molecule has 0 aliphatic rings. The van der Waals surface area contributed by atoms with Crippen LogP contribution in [-0.2, 0) is 6.54 Å². The van der Waals surface area contributed by atoms with Gasteiger partial charge in [0.05, 0.1) is 22.3 Å². The van der Waals surface area contributed by atoms with Crippen molar-refractivity contribution in [3.8, 4) is 11.3 Å². The number of carbonyl (C=O) groups is 2. The molecule has 0 atom stereocenters. The van der Waals surface area contributed by atoms with E-state index in [1.54, 1.807) is 63.5 Å². The summed E-state index contributed by atoms with van der Waals surface area (Å²) in [6.45, 7) is 2.01. The molecule has 0 radical (unpaired) electrons. The number of aromatic nitrogens is 2. The van der Waals surface area contributed by atoms with E-state index in [4.69, 9.17) is 4.52 Å². The van der Waals surface area contributed by atoms with Crippen LogP contribution in [0.4, 0.5) is 4.39 Å². The lowest BCUT2D eigenvalue weighted by Gasteiger charge is -2.11. The SMILES string of the molecule is Cc1noc2nc(-c3ccc(F)cc3)cc(C(=O)NCc3ccc(C(=O)N(C)C)cc3)c12. The standard InChI is InChI=1S/C24H21FN4O3/c1-14-21-19(12-20(27-23(21)32-28-14)16-8-10-18(25)11-9-16)22(30)26-13-15-4-6-17(7-5-15)24(31)29(2)3/h4-12H,13H2,1-3H3,(H,26,30). The van der Waals surface area contributed by atoms with Crippen molar-refractivity contribution in [2.24, 2.45) is 0 Å². The Morgan fingerprint density at radius 2 is 1.75 bits per heavy atom. The zero-order valence-electron chi connectivity index (χ0n) is 17.8. The first-order valence-corrected chi connectivity index (χ1v) is 9.95. The Hall–Kier alpha value is -4.07. The number of rotatable bonds is 5. The monoisotopic (exact) mass is 432 g/mol. The molecule has 0 spiro atoms. The van der Waals surface area contributed by atoms with Crippen molar-refractivity contribution in [3.05, 3.63) is 82.8 Å². The van der Waals surface area contributed by atoms with Crippen LogP contribution in [0.3, 0.4) is 0 Å². The van der Waals surface area contributed by atoms with Crippen molar-refractivity contribution in [2.75, 3.05) is 14.1 Å². The van der Waals surface area contributed by atoms with Crippen molar-refractivity contribution in [3.63, 3.8) is 0 Å². The van der Waals surface area contributed by atoms with Crippen LogP contribution in [-0.4, -0.2) is 41.0 Å². The predicted molar refractivity (Wildman–Crippen MR) is 118 cm³/mol. The van der Waals surface area contributed by atoms with Crippen LogP contribution in [0, 0.1) is 12.7 Å². The van der Waals surface area contributed by atoms with Gasteiger partial charge < -0.3 is 14.7 Å². The highest BCUT2D eigenvalue weighted by atomic mass is 19.1. The first kappa shape index (κ1) is 21.2. The number of nitrogens with one attached hydrogen (secondary N) is 1. The van der Waals surface area contributed by atoms with E-state index < -0.39 is 0 Å². The predicted octanol–water partition coefficient (Wildman–Crippen LogP) is 3.97. The van der Waals surface area contributed by atoms with Gasteiger partial charge in [-0.1, -0.05) is 17.3 Å². The van der Waals surface area contributed by atoms with Crippen molar-refractivity contribution >= 4 is 22.9 Å². The van der Waals surface area contributed by atoms with Gasteiger partial charge >= 0.3 is 0 Å². The fraction of sp³-hybridized carbons (Fsp3) is 0.167. The number of hydrogen-bond acceptors (Lipinski definition) is 5. The number of nitrogens with zero attached hydrogens (tertiary/aromatic N) is 3. The third-order valence-electron chi connectivity index (χ3n) is 5.06. The molecule has 0 aliphatic carbocycles. The molecule has 8 heteroatoms. The molecule has 2 heterocycles. The fourth-order valence-electron chi connectivity index (χ4n) is 3.34. The van der Waals surface area contributed by atoms with Crippen molar-refractivity contribution < 1.29 is 18.5 Å². The topological polar surface area (TPSA) is 88.3 Å². The van der Waals surface area contributed by atoms with Crippen molar-refractivity contribution in [2.45, 2.75) is 13.5 Å². The normalized spacial score (nSPS) is 10.9. The fourth-order valence-corrected chi connectivity index (χ4v) is 3.34. The number of pyridine rings is 1. The lowest BCUT2D eigenvalue weighted by atomic mass is 10.0. The molecule has 4 aromatic rings. The van der Waals surface area contributed by atoms with E-state index in [-0.39, 0.29) is 29.9 Å². The van der Waals surface area contributed by atoms with Gasteiger partial charge in [0.1, 0.15) is 5.82 Å². The van der Waals surface area contributed by atoms with Crippen LogP contribution in [0.2, 0.25) is 0 Å². The molecule has 7 nitrogen and oxygen atoms in total. The molecule has 0 saturated carbocycles. The molecule has 4 rings (SSSR count). The first-order valence-electron chi connectivity index (χ1n) is 9.95. The van der Waals surface area contributed by atoms with E-state index in [2.05, 4.69) is 15.5 Å². The Balaban J connectivity index is 1.59. The van der Waals surface area contributed by atoms with Crippen molar-refractivity contribution in [1.29, 1.82) is 0 Å². The Morgan fingerprint density at radius 3 is 2.41 bits per heavy atom. The van der Waals surface area contributed by atoms with Gasteiger partial charge in [0.2, 0.25) is 0 Å². The molecule has 2 amide bonds. The van der Waals surface area contributed by atoms with E-state index in [1.165, 1.54) is 17.0 Å². The second kappa shape index (κ2) is 8.58. The van der Waals surface area contributed by atoms with Gasteiger partial charge in [-0.3, -0.25) is 9.59 Å². The highest BCUT2D eigenvalue weighted by molar-refractivity contribution is 6.07. The average Bonchev–Trinajstić information content (AvgIpc) is 3.18. The quantitative estimate of drug-likeness (QED) is 0.516. The van der Waals surface area contributed by atoms with E-state index in [9.17, 15) is 14.0 Å². The van der Waals surface area contributed by atoms with Crippen LogP contribution in [0.25, 0.3) is 22.4 Å². The molecule has 0 unspecified atom stereocenters. The number of fused-ring (bicyclic) bond motifs is 1. The van der Waals surface area contributed by atoms with Crippen LogP contribution < -0.4 is 5.32 Å². The van der Waals surface area contributed by atoms with Gasteiger partial charge in [-0.15, -0.1) is 0 Å². The molecule has 0 saturated heterocycles. The molecular weight excluding hydrogens is 411 g/mol. The minimum absolute atomic E-state index is 0.0870. The second-order valence-corrected chi connectivity index (χ2v) is 7.59. The first-order chi connectivity index (χ1) is 15.3. The Kier molecular flexibility index (Phi) is 5.68.